The number of nitrogens with two attached hydrogens (primary N) is 6. The van der Waals surface area contributed by atoms with Crippen LogP contribution in [-0.4, -0.2) is 944 Å². The summed E-state index contributed by atoms with van der Waals surface area (Å²) in [5.74, 6) is 0. The van der Waals surface area contributed by atoms with Crippen molar-refractivity contribution in [1.82, 2.24) is 0 Å². The molecule has 12 saturated heterocycles. The monoisotopic (exact) mass is 4220 g/mol. The summed E-state index contributed by atoms with van der Waals surface area (Å²) in [7, 11) is 0. The van der Waals surface area contributed by atoms with E-state index in [-0.39, 0.29) is 677 Å². The number of rotatable bonds is 3. The van der Waals surface area contributed by atoms with Gasteiger partial charge >= 0.3 is 206 Å². The van der Waals surface area contributed by atoms with Crippen LogP contribution in [0, 0.1) is 0 Å². The van der Waals surface area contributed by atoms with E-state index in [1.165, 1.54) is 39.2 Å². The minimum absolute atomic E-state index is 0. The van der Waals surface area contributed by atoms with E-state index in [2.05, 4.69) is 0 Å². The number of hydrogen-bond acceptors (Lipinski definition) is 30. The Bertz CT molecular complexity index is 1450. The SMILES string of the molecule is C1COCC[NH+]2CCOCCOCC[NH+](CCO1)CCOCCOCC2.C1COCC[NH+]2CCOCCOCC[NH+](CCO1)CCOCCOCC2.C1COCC[NH+]2CCOCCOCC[NH+](CCO1)CCOCCOCC2.C1COCC[NH+]2CCOCCOCC[NH+](CCO1)CCOCCOCC2.NCCN.NCCN.NCCN.[K+].[K+].[K+].[K+].[Pd].[Pd].[Sn].[Sn].[Sn].[Sn].[Sn].[Sn].[Sn].[Sn].[Sn].[Sn].[Sn].[Sn].[Sn].[Sn].[Sn].[Sn].[Sn].[Sn]. The van der Waals surface area contributed by atoms with Crippen LogP contribution in [0.15, 0.2) is 0 Å². The van der Waals surface area contributed by atoms with Crippen LogP contribution in [0.1, 0.15) is 0 Å². The van der Waals surface area contributed by atoms with E-state index >= 15 is 0 Å². The topological polar surface area (TPSA) is 413 Å². The van der Waals surface area contributed by atoms with Crippen molar-refractivity contribution < 1.29 is 399 Å². The molecule has 62 heteroatoms. The van der Waals surface area contributed by atoms with E-state index < -0.39 is 0 Å². The number of fused-ring (bicyclic) bond motifs is 84. The fraction of sp³-hybridized carbons (Fsp3) is 1.00. The largest absolute Gasteiger partial charge is 1.00 e. The van der Waals surface area contributed by atoms with E-state index in [9.17, 15) is 0 Å². The first-order valence-electron chi connectivity index (χ1n) is 44.3. The van der Waals surface area contributed by atoms with Crippen molar-refractivity contribution in [2.24, 2.45) is 34.4 Å². The number of ether oxygens (including phenoxy) is 24. The van der Waals surface area contributed by atoms with Crippen LogP contribution in [0.4, 0.5) is 0 Å². The van der Waals surface area contributed by atoms with Gasteiger partial charge in [0.05, 0.1) is 317 Å². The normalized spacial score (nSPS) is 23.3. The number of hydrogen-bond donors (Lipinski definition) is 14. The average molecular weight is 4200 g/mol. The first-order valence-corrected chi connectivity index (χ1v) is 44.3. The first-order chi connectivity index (χ1) is 57.5. The van der Waals surface area contributed by atoms with Crippen molar-refractivity contribution in [3.05, 3.63) is 0 Å². The Kier molecular flexibility index (Phi) is 289. The Morgan fingerprint density at radius 2 is 0.143 bits per heavy atom. The summed E-state index contributed by atoms with van der Waals surface area (Å²) in [4.78, 5) is 11.5. The van der Waals surface area contributed by atoms with Crippen molar-refractivity contribution in [2.45, 2.75) is 0 Å². The first kappa shape index (κ1) is 216. The van der Waals surface area contributed by atoms with E-state index in [0.717, 1.165) is 316 Å². The third-order valence-corrected chi connectivity index (χ3v) is 19.4. The Balaban J connectivity index is -0.0000000565. The molecular formula is C78H176K4N14O24Pd2Sn18+12. The van der Waals surface area contributed by atoms with Gasteiger partial charge < -0.3 is 187 Å². The molecule has 8 bridgehead atoms. The van der Waals surface area contributed by atoms with E-state index in [0.29, 0.717) is 198 Å². The molecule has 0 aromatic heterocycles. The smallest absolute Gasteiger partial charge is 0.373 e. The summed E-state index contributed by atoms with van der Waals surface area (Å²) in [6.07, 6.45) is 0. The predicted molar refractivity (Wildman–Crippen MR) is 542 cm³/mol. The Labute approximate surface area is 1350 Å². The van der Waals surface area contributed by atoms with Gasteiger partial charge in [-0.05, 0) is 0 Å². The molecule has 72 radical (unpaired) electrons. The molecular weight excluding hydrogens is 4020 g/mol. The Morgan fingerprint density at radius 1 is 0.100 bits per heavy atom. The van der Waals surface area contributed by atoms with Gasteiger partial charge in [0.15, 0.2) is 0 Å². The Hall–Kier alpha value is 20.7. The predicted octanol–water partition coefficient (Wildman–Crippen LogP) is -34.6. The van der Waals surface area contributed by atoms with Crippen LogP contribution in [-0.2, 0) is 155 Å². The molecule has 0 spiro atoms. The molecule has 140 heavy (non-hydrogen) atoms. The fourth-order valence-electron chi connectivity index (χ4n) is 12.1. The minimum Gasteiger partial charge on any atom is -0.373 e. The summed E-state index contributed by atoms with van der Waals surface area (Å²) < 4.78 is 137. The molecule has 12 heterocycles. The maximum Gasteiger partial charge on any atom is 1.00 e. The van der Waals surface area contributed by atoms with Gasteiger partial charge in [-0.25, -0.2) is 0 Å². The maximum atomic E-state index is 5.73. The second-order valence-electron chi connectivity index (χ2n) is 28.4. The molecule has 0 amide bonds. The molecule has 0 aromatic rings. The van der Waals surface area contributed by atoms with E-state index in [1.54, 1.807) is 0 Å². The molecule has 20 N–H and O–H groups in total. The molecule has 0 saturated carbocycles. The second kappa shape index (κ2) is 187. The zero-order valence-electron chi connectivity index (χ0n) is 86.0. The zero-order valence-corrected chi connectivity index (χ0v) is 153. The van der Waals surface area contributed by atoms with Gasteiger partial charge in [-0.1, -0.05) is 0 Å². The van der Waals surface area contributed by atoms with Crippen molar-refractivity contribution >= 4 is 430 Å². The standard InChI is InChI=1S/4C18H36N2O6.3C2H8N2.4K.2Pd.18Sn/c4*1-7-21-13-14-24-10-4-20-5-11-25-17-15-22-8-2-19(1)3-9-23-16-18-26-12-6-20;3*3-1-2-4;;;;;;;;;;;;;;;;;;;;;;;;/h4*1-18H2;3*1-4H2;;;;;;;;;;;;;;;;;;;;;;;;/q;;;;;;;4*+1;;;;;;;;;;;;;;;;;;;;/p+8. The third kappa shape index (κ3) is 163. The summed E-state index contributed by atoms with van der Waals surface area (Å²) in [5, 5.41) is 0. The van der Waals surface area contributed by atoms with Gasteiger partial charge in [0.25, 0.3) is 0 Å². The average Bonchev–Trinajstić information content (AvgIpc) is 1.01. The second-order valence-corrected chi connectivity index (χ2v) is 28.4. The van der Waals surface area contributed by atoms with Gasteiger partial charge in [0.2, 0.25) is 0 Å². The molecule has 38 nitrogen and oxygen atoms in total. The van der Waals surface area contributed by atoms with Crippen LogP contribution < -0.4 is 279 Å². The van der Waals surface area contributed by atoms with Crippen molar-refractivity contribution in [1.29, 1.82) is 0 Å². The molecule has 12 rings (SSSR count). The zero-order chi connectivity index (χ0) is 82.7. The van der Waals surface area contributed by atoms with Crippen molar-refractivity contribution in [3.63, 3.8) is 0 Å². The molecule has 12 fully saturated rings. The summed E-state index contributed by atoms with van der Waals surface area (Å²) >= 11 is 0. The van der Waals surface area contributed by atoms with E-state index in [1.807, 2.05) is 0 Å². The van der Waals surface area contributed by atoms with Gasteiger partial charge in [-0.2, -0.15) is 0 Å². The molecule has 0 atom stereocenters. The molecule has 0 unspecified atom stereocenters. The van der Waals surface area contributed by atoms with Crippen molar-refractivity contribution in [3.8, 4) is 0 Å². The van der Waals surface area contributed by atoms with Gasteiger partial charge in [0, 0.05) is 510 Å². The number of nitrogens with one attached hydrogen (secondary N) is 8. The van der Waals surface area contributed by atoms with Crippen LogP contribution >= 0.6 is 0 Å². The molecule has 0 aromatic carbocycles. The van der Waals surface area contributed by atoms with Crippen LogP contribution in [0.25, 0.3) is 0 Å². The quantitative estimate of drug-likeness (QED) is 0.117. The molecule has 12 aliphatic rings. The fourth-order valence-corrected chi connectivity index (χ4v) is 12.1. The number of quaternary nitrogens is 8. The van der Waals surface area contributed by atoms with Gasteiger partial charge in [-0.3, -0.25) is 0 Å². The van der Waals surface area contributed by atoms with Crippen LogP contribution in [0.3, 0.4) is 0 Å². The third-order valence-electron chi connectivity index (χ3n) is 19.4. The molecule has 786 valence electrons. The summed E-state index contributed by atoms with van der Waals surface area (Å²) in [6, 6.07) is 0. The molecule has 0 aliphatic carbocycles. The van der Waals surface area contributed by atoms with Crippen LogP contribution in [0.5, 0.6) is 0 Å². The summed E-state index contributed by atoms with van der Waals surface area (Å²) in [5.41, 5.74) is 29.4. The van der Waals surface area contributed by atoms with Crippen molar-refractivity contribution in [2.75, 3.05) is 513 Å². The summed E-state index contributed by atoms with van der Waals surface area (Å²) in [6.45, 7) is 60.0. The van der Waals surface area contributed by atoms with Gasteiger partial charge in [-0.15, -0.1) is 0 Å². The van der Waals surface area contributed by atoms with Gasteiger partial charge in [0.1, 0.15) is 157 Å². The van der Waals surface area contributed by atoms with E-state index in [4.69, 9.17) is 148 Å². The minimum atomic E-state index is 0. The Morgan fingerprint density at radius 3 is 0.179 bits per heavy atom. The van der Waals surface area contributed by atoms with Crippen LogP contribution in [0.2, 0.25) is 0 Å². The molecule has 12 aliphatic heterocycles. The maximum absolute atomic E-state index is 5.73.